The summed E-state index contributed by atoms with van der Waals surface area (Å²) in [6, 6.07) is 16.4. The normalized spacial score (nSPS) is 18.0. The number of hydrogen-bond acceptors (Lipinski definition) is 4. The minimum atomic E-state index is -0.455. The third-order valence-corrected chi connectivity index (χ3v) is 5.67. The zero-order valence-electron chi connectivity index (χ0n) is 16.4. The smallest absolute Gasteiger partial charge is 0.497 e. The van der Waals surface area contributed by atoms with Gasteiger partial charge in [-0.05, 0) is 45.2 Å². The van der Waals surface area contributed by atoms with Gasteiger partial charge in [0.25, 0.3) is 0 Å². The lowest BCUT2D eigenvalue weighted by Gasteiger charge is -2.32. The molecule has 0 radical (unpaired) electrons. The Morgan fingerprint density at radius 1 is 0.889 bits per heavy atom. The maximum Gasteiger partial charge on any atom is 0.498 e. The van der Waals surface area contributed by atoms with Crippen molar-refractivity contribution in [2.24, 2.45) is 0 Å². The molecule has 5 heteroatoms. The van der Waals surface area contributed by atoms with Crippen molar-refractivity contribution in [3.63, 3.8) is 0 Å². The van der Waals surface area contributed by atoms with Crippen LogP contribution in [0.25, 0.3) is 22.0 Å². The Bertz CT molecular complexity index is 984. The van der Waals surface area contributed by atoms with Crippen LogP contribution < -0.4 is 10.2 Å². The first-order valence-corrected chi connectivity index (χ1v) is 9.19. The number of aromatic nitrogens is 1. The van der Waals surface area contributed by atoms with Gasteiger partial charge in [-0.2, -0.15) is 0 Å². The Labute approximate surface area is 160 Å². The van der Waals surface area contributed by atoms with Crippen molar-refractivity contribution in [2.45, 2.75) is 38.9 Å². The fourth-order valence-corrected chi connectivity index (χ4v) is 3.28. The molecule has 1 aromatic heterocycles. The van der Waals surface area contributed by atoms with Crippen molar-refractivity contribution in [1.29, 1.82) is 0 Å². The van der Waals surface area contributed by atoms with Crippen LogP contribution in [0.1, 0.15) is 27.7 Å². The average molecular weight is 361 g/mol. The predicted molar refractivity (Wildman–Crippen MR) is 109 cm³/mol. The summed E-state index contributed by atoms with van der Waals surface area (Å²) in [5.74, 6) is 0.737. The van der Waals surface area contributed by atoms with Gasteiger partial charge in [-0.3, -0.25) is 4.98 Å². The molecule has 4 rings (SSSR count). The molecule has 1 aliphatic heterocycles. The van der Waals surface area contributed by atoms with Crippen LogP contribution >= 0.6 is 0 Å². The van der Waals surface area contributed by atoms with Crippen LogP contribution in [0, 0.1) is 0 Å². The van der Waals surface area contributed by atoms with Crippen LogP contribution in [0.2, 0.25) is 0 Å². The van der Waals surface area contributed by atoms with E-state index in [0.29, 0.717) is 0 Å². The van der Waals surface area contributed by atoms with Gasteiger partial charge in [0.1, 0.15) is 5.75 Å². The average Bonchev–Trinajstić information content (AvgIpc) is 2.88. The standard InChI is InChI=1S/C22H24BNO3/c1-21(2)22(3,4)27-23(26-21)18-11-10-16(13-20(18)25-5)19-12-15-8-6-7-9-17(15)14-24-19/h6-14H,1-5H3. The fraction of sp³-hybridized carbons (Fsp3) is 0.318. The number of hydrogen-bond donors (Lipinski definition) is 0. The minimum Gasteiger partial charge on any atom is -0.497 e. The molecule has 0 spiro atoms. The molecule has 2 heterocycles. The second-order valence-corrected chi connectivity index (χ2v) is 7.96. The van der Waals surface area contributed by atoms with Crippen molar-refractivity contribution < 1.29 is 14.0 Å². The molecule has 0 unspecified atom stereocenters. The first-order chi connectivity index (χ1) is 12.8. The number of ether oxygens (including phenoxy) is 1. The van der Waals surface area contributed by atoms with Crippen molar-refractivity contribution in [3.05, 3.63) is 54.7 Å². The monoisotopic (exact) mass is 361 g/mol. The third-order valence-electron chi connectivity index (χ3n) is 5.67. The first-order valence-electron chi connectivity index (χ1n) is 9.19. The number of benzene rings is 2. The van der Waals surface area contributed by atoms with Gasteiger partial charge in [-0.25, -0.2) is 0 Å². The van der Waals surface area contributed by atoms with E-state index in [9.17, 15) is 0 Å². The van der Waals surface area contributed by atoms with Gasteiger partial charge >= 0.3 is 7.12 Å². The molecule has 0 N–H and O–H groups in total. The maximum absolute atomic E-state index is 6.18. The van der Waals surface area contributed by atoms with Crippen LogP contribution in [-0.2, 0) is 9.31 Å². The molecule has 138 valence electrons. The lowest BCUT2D eigenvalue weighted by molar-refractivity contribution is 0.00578. The van der Waals surface area contributed by atoms with Gasteiger partial charge in [0.05, 0.1) is 24.0 Å². The molecule has 1 saturated heterocycles. The van der Waals surface area contributed by atoms with E-state index in [-0.39, 0.29) is 11.2 Å². The predicted octanol–water partition coefficient (Wildman–Crippen LogP) is 4.21. The van der Waals surface area contributed by atoms with E-state index < -0.39 is 7.12 Å². The summed E-state index contributed by atoms with van der Waals surface area (Å²) in [6.45, 7) is 8.19. The summed E-state index contributed by atoms with van der Waals surface area (Å²) in [6.07, 6.45) is 1.90. The van der Waals surface area contributed by atoms with Crippen LogP contribution in [0.5, 0.6) is 5.75 Å². The molecule has 2 aromatic carbocycles. The minimum absolute atomic E-state index is 0.388. The second-order valence-electron chi connectivity index (χ2n) is 7.96. The van der Waals surface area contributed by atoms with Gasteiger partial charge in [0, 0.05) is 22.6 Å². The van der Waals surface area contributed by atoms with E-state index in [0.717, 1.165) is 33.2 Å². The largest absolute Gasteiger partial charge is 0.498 e. The highest BCUT2D eigenvalue weighted by molar-refractivity contribution is 6.63. The van der Waals surface area contributed by atoms with E-state index >= 15 is 0 Å². The molecular formula is C22H24BNO3. The highest BCUT2D eigenvalue weighted by atomic mass is 16.7. The highest BCUT2D eigenvalue weighted by Crippen LogP contribution is 2.37. The van der Waals surface area contributed by atoms with E-state index in [1.165, 1.54) is 0 Å². The lowest BCUT2D eigenvalue weighted by Crippen LogP contribution is -2.41. The molecule has 4 nitrogen and oxygen atoms in total. The Hall–Kier alpha value is -2.37. The zero-order chi connectivity index (χ0) is 19.2. The highest BCUT2D eigenvalue weighted by Gasteiger charge is 2.52. The van der Waals surface area contributed by atoms with Crippen LogP contribution in [0.15, 0.2) is 54.7 Å². The van der Waals surface area contributed by atoms with Crippen LogP contribution in [-0.4, -0.2) is 30.4 Å². The van der Waals surface area contributed by atoms with Crippen LogP contribution in [0.4, 0.5) is 0 Å². The zero-order valence-corrected chi connectivity index (χ0v) is 16.4. The number of rotatable bonds is 3. The van der Waals surface area contributed by atoms with E-state index in [1.54, 1.807) is 7.11 Å². The van der Waals surface area contributed by atoms with Gasteiger partial charge in [0.2, 0.25) is 0 Å². The molecule has 1 fully saturated rings. The van der Waals surface area contributed by atoms with E-state index in [4.69, 9.17) is 14.0 Å². The Balaban J connectivity index is 1.71. The number of nitrogens with zero attached hydrogens (tertiary/aromatic N) is 1. The number of fused-ring (bicyclic) bond motifs is 1. The third kappa shape index (κ3) is 3.11. The second kappa shape index (κ2) is 6.36. The van der Waals surface area contributed by atoms with Crippen molar-refractivity contribution in [1.82, 2.24) is 4.98 Å². The lowest BCUT2D eigenvalue weighted by atomic mass is 9.77. The summed E-state index contributed by atoms with van der Waals surface area (Å²) in [4.78, 5) is 4.61. The fourth-order valence-electron chi connectivity index (χ4n) is 3.28. The molecule has 1 aliphatic rings. The summed E-state index contributed by atoms with van der Waals surface area (Å²) in [5, 5.41) is 2.29. The Morgan fingerprint density at radius 3 is 2.22 bits per heavy atom. The van der Waals surface area contributed by atoms with Gasteiger partial charge < -0.3 is 14.0 Å². The van der Waals surface area contributed by atoms with Gasteiger partial charge in [-0.15, -0.1) is 0 Å². The molecule has 0 saturated carbocycles. The summed E-state index contributed by atoms with van der Waals surface area (Å²) in [7, 11) is 1.21. The Morgan fingerprint density at radius 2 is 1.56 bits per heavy atom. The SMILES string of the molecule is COc1cc(-c2cc3ccccc3cn2)ccc1B1OC(C)(C)C(C)(C)O1. The molecule has 0 amide bonds. The molecule has 0 atom stereocenters. The molecule has 0 aliphatic carbocycles. The van der Waals surface area contributed by atoms with Gasteiger partial charge in [0.15, 0.2) is 0 Å². The topological polar surface area (TPSA) is 40.6 Å². The van der Waals surface area contributed by atoms with E-state index in [2.05, 4.69) is 23.2 Å². The quantitative estimate of drug-likeness (QED) is 0.656. The van der Waals surface area contributed by atoms with Gasteiger partial charge in [-0.1, -0.05) is 36.4 Å². The summed E-state index contributed by atoms with van der Waals surface area (Å²) in [5.41, 5.74) is 2.02. The molecule has 3 aromatic rings. The molecular weight excluding hydrogens is 337 g/mol. The van der Waals surface area contributed by atoms with Crippen molar-refractivity contribution in [2.75, 3.05) is 7.11 Å². The number of pyridine rings is 1. The Kier molecular flexibility index (Phi) is 4.24. The molecule has 0 bridgehead atoms. The number of methoxy groups -OCH3 is 1. The molecule has 27 heavy (non-hydrogen) atoms. The summed E-state index contributed by atoms with van der Waals surface area (Å²) >= 11 is 0. The van der Waals surface area contributed by atoms with Crippen LogP contribution in [0.3, 0.4) is 0 Å². The van der Waals surface area contributed by atoms with Crippen molar-refractivity contribution >= 4 is 23.4 Å². The summed E-state index contributed by atoms with van der Waals surface area (Å²) < 4.78 is 18.0. The first kappa shape index (κ1) is 18.0. The van der Waals surface area contributed by atoms with Crippen molar-refractivity contribution in [3.8, 4) is 17.0 Å². The van der Waals surface area contributed by atoms with E-state index in [1.807, 2.05) is 64.2 Å². The maximum atomic E-state index is 6.18.